The van der Waals surface area contributed by atoms with Gasteiger partial charge in [0, 0.05) is 5.69 Å². The maximum absolute atomic E-state index is 12.8. The Morgan fingerprint density at radius 1 is 1.09 bits per heavy atom. The molecule has 0 aliphatic heterocycles. The molecule has 35 heavy (non-hydrogen) atoms. The Balaban J connectivity index is 1.38. The average molecular weight is 493 g/mol. The standard InChI is InChI=1S/C24H24N6O4S/c1-3-33-17-10-8-16(9-11-17)26-23(32)19-6-4-5-7-20(19)27-21(31)14-35-24-29-28-22(30(24)25)18-12-13-34-15(18)2/h4-13H,3,14,25H2,1-2H3,(H,26,32)(H,27,31). The van der Waals surface area contributed by atoms with E-state index >= 15 is 0 Å². The summed E-state index contributed by atoms with van der Waals surface area (Å²) in [5, 5.41) is 14.1. The highest BCUT2D eigenvalue weighted by Crippen LogP contribution is 2.25. The van der Waals surface area contributed by atoms with Crippen molar-refractivity contribution in [3.8, 4) is 17.1 Å². The molecule has 0 radical (unpaired) electrons. The molecule has 2 amide bonds. The molecule has 0 saturated carbocycles. The summed E-state index contributed by atoms with van der Waals surface area (Å²) in [5.41, 5.74) is 2.06. The molecule has 2 heterocycles. The third-order valence-corrected chi connectivity index (χ3v) is 5.91. The number of anilines is 2. The Hall–Kier alpha value is -4.25. The molecule has 4 aromatic rings. The first-order valence-corrected chi connectivity index (χ1v) is 11.8. The molecule has 4 N–H and O–H groups in total. The molecular weight excluding hydrogens is 468 g/mol. The van der Waals surface area contributed by atoms with Gasteiger partial charge >= 0.3 is 0 Å². The van der Waals surface area contributed by atoms with Gasteiger partial charge in [-0.2, -0.15) is 0 Å². The van der Waals surface area contributed by atoms with Crippen LogP contribution in [0.25, 0.3) is 11.4 Å². The van der Waals surface area contributed by atoms with Gasteiger partial charge in [0.25, 0.3) is 5.91 Å². The van der Waals surface area contributed by atoms with Crippen LogP contribution in [0.3, 0.4) is 0 Å². The molecule has 0 bridgehead atoms. The van der Waals surface area contributed by atoms with Crippen LogP contribution in [0.1, 0.15) is 23.0 Å². The normalized spacial score (nSPS) is 10.7. The van der Waals surface area contributed by atoms with Crippen molar-refractivity contribution in [2.24, 2.45) is 0 Å². The van der Waals surface area contributed by atoms with E-state index in [1.54, 1.807) is 67.8 Å². The van der Waals surface area contributed by atoms with Crippen LogP contribution in [0, 0.1) is 6.92 Å². The summed E-state index contributed by atoms with van der Waals surface area (Å²) in [5.74, 6) is 7.28. The van der Waals surface area contributed by atoms with Gasteiger partial charge in [-0.15, -0.1) is 10.2 Å². The van der Waals surface area contributed by atoms with Gasteiger partial charge in [0.15, 0.2) is 5.82 Å². The van der Waals surface area contributed by atoms with Crippen LogP contribution in [-0.4, -0.2) is 39.0 Å². The zero-order chi connectivity index (χ0) is 24.8. The number of carbonyl (C=O) groups is 2. The first-order valence-electron chi connectivity index (χ1n) is 10.8. The fraction of sp³-hybridized carbons (Fsp3) is 0.167. The molecule has 0 fully saturated rings. The van der Waals surface area contributed by atoms with Crippen molar-refractivity contribution in [3.63, 3.8) is 0 Å². The molecule has 0 saturated heterocycles. The Morgan fingerprint density at radius 2 is 1.86 bits per heavy atom. The predicted octanol–water partition coefficient (Wildman–Crippen LogP) is 3.94. The summed E-state index contributed by atoms with van der Waals surface area (Å²) in [6.07, 6.45) is 1.54. The maximum atomic E-state index is 12.8. The molecule has 0 spiro atoms. The van der Waals surface area contributed by atoms with Gasteiger partial charge in [-0.3, -0.25) is 9.59 Å². The lowest BCUT2D eigenvalue weighted by molar-refractivity contribution is -0.113. The summed E-state index contributed by atoms with van der Waals surface area (Å²) in [7, 11) is 0. The number of hydrogen-bond acceptors (Lipinski definition) is 8. The number of nitrogens with two attached hydrogens (primary N) is 1. The van der Waals surface area contributed by atoms with E-state index < -0.39 is 0 Å². The number of para-hydroxylation sites is 1. The fourth-order valence-electron chi connectivity index (χ4n) is 3.28. The van der Waals surface area contributed by atoms with Gasteiger partial charge in [-0.25, -0.2) is 4.68 Å². The molecule has 2 aromatic carbocycles. The van der Waals surface area contributed by atoms with Crippen molar-refractivity contribution >= 4 is 35.0 Å². The monoisotopic (exact) mass is 492 g/mol. The number of ether oxygens (including phenoxy) is 1. The van der Waals surface area contributed by atoms with Gasteiger partial charge < -0.3 is 25.6 Å². The number of benzene rings is 2. The molecule has 0 unspecified atom stereocenters. The maximum Gasteiger partial charge on any atom is 0.257 e. The van der Waals surface area contributed by atoms with Crippen LogP contribution in [-0.2, 0) is 4.79 Å². The third-order valence-electron chi connectivity index (χ3n) is 4.97. The first kappa shape index (κ1) is 23.9. The molecule has 0 aliphatic carbocycles. The number of furan rings is 1. The van der Waals surface area contributed by atoms with Crippen molar-refractivity contribution in [1.29, 1.82) is 0 Å². The van der Waals surface area contributed by atoms with E-state index in [-0.39, 0.29) is 17.6 Å². The van der Waals surface area contributed by atoms with E-state index in [1.807, 2.05) is 6.92 Å². The van der Waals surface area contributed by atoms with Gasteiger partial charge in [0.05, 0.1) is 35.4 Å². The lowest BCUT2D eigenvalue weighted by Gasteiger charge is -2.12. The SMILES string of the molecule is CCOc1ccc(NC(=O)c2ccccc2NC(=O)CSc2nnc(-c3ccoc3C)n2N)cc1. The molecule has 0 aliphatic rings. The molecule has 11 heteroatoms. The second kappa shape index (κ2) is 10.8. The topological polar surface area (TPSA) is 137 Å². The van der Waals surface area contributed by atoms with E-state index in [0.717, 1.165) is 23.1 Å². The van der Waals surface area contributed by atoms with Crippen molar-refractivity contribution in [3.05, 3.63) is 72.2 Å². The minimum Gasteiger partial charge on any atom is -0.494 e. The van der Waals surface area contributed by atoms with Gasteiger partial charge in [0.1, 0.15) is 11.5 Å². The first-order chi connectivity index (χ1) is 17.0. The summed E-state index contributed by atoms with van der Waals surface area (Å²) < 4.78 is 12.0. The predicted molar refractivity (Wildman–Crippen MR) is 134 cm³/mol. The number of amides is 2. The minimum atomic E-state index is -0.348. The van der Waals surface area contributed by atoms with Crippen LogP contribution in [0.4, 0.5) is 11.4 Å². The lowest BCUT2D eigenvalue weighted by Crippen LogP contribution is -2.20. The zero-order valence-electron chi connectivity index (χ0n) is 19.1. The van der Waals surface area contributed by atoms with E-state index in [0.29, 0.717) is 40.3 Å². The smallest absolute Gasteiger partial charge is 0.257 e. The summed E-state index contributed by atoms with van der Waals surface area (Å²) in [6.45, 7) is 4.26. The number of nitrogens with one attached hydrogen (secondary N) is 2. The Morgan fingerprint density at radius 3 is 2.57 bits per heavy atom. The van der Waals surface area contributed by atoms with Crippen molar-refractivity contribution in [2.45, 2.75) is 19.0 Å². The van der Waals surface area contributed by atoms with Crippen LogP contribution in [0.15, 0.2) is 70.4 Å². The number of nitrogens with zero attached hydrogens (tertiary/aromatic N) is 3. The Labute approximate surface area is 205 Å². The van der Waals surface area contributed by atoms with E-state index in [9.17, 15) is 9.59 Å². The highest BCUT2D eigenvalue weighted by molar-refractivity contribution is 7.99. The largest absolute Gasteiger partial charge is 0.494 e. The highest BCUT2D eigenvalue weighted by atomic mass is 32.2. The number of carbonyl (C=O) groups excluding carboxylic acids is 2. The summed E-state index contributed by atoms with van der Waals surface area (Å²) >= 11 is 1.13. The Kier molecular flexibility index (Phi) is 7.36. The van der Waals surface area contributed by atoms with Crippen molar-refractivity contribution in [2.75, 3.05) is 28.8 Å². The highest BCUT2D eigenvalue weighted by Gasteiger charge is 2.18. The van der Waals surface area contributed by atoms with Crippen molar-refractivity contribution < 1.29 is 18.7 Å². The van der Waals surface area contributed by atoms with Gasteiger partial charge in [0.2, 0.25) is 11.1 Å². The Bertz CT molecular complexity index is 1330. The summed E-state index contributed by atoms with van der Waals surface area (Å²) in [4.78, 5) is 25.5. The lowest BCUT2D eigenvalue weighted by atomic mass is 10.1. The van der Waals surface area contributed by atoms with Gasteiger partial charge in [-0.05, 0) is 56.3 Å². The van der Waals surface area contributed by atoms with E-state index in [2.05, 4.69) is 20.8 Å². The quantitative estimate of drug-likeness (QED) is 0.236. The second-order valence-electron chi connectivity index (χ2n) is 7.36. The summed E-state index contributed by atoms with van der Waals surface area (Å²) in [6, 6.07) is 15.6. The second-order valence-corrected chi connectivity index (χ2v) is 8.30. The van der Waals surface area contributed by atoms with Crippen LogP contribution < -0.4 is 21.2 Å². The number of nitrogen functional groups attached to an aromatic ring is 1. The molecule has 2 aromatic heterocycles. The van der Waals surface area contributed by atoms with Crippen LogP contribution in [0.5, 0.6) is 5.75 Å². The molecular formula is C24H24N6O4S. The number of thioether (sulfide) groups is 1. The van der Waals surface area contributed by atoms with E-state index in [1.165, 1.54) is 4.68 Å². The van der Waals surface area contributed by atoms with Crippen LogP contribution in [0.2, 0.25) is 0 Å². The number of rotatable bonds is 9. The molecule has 0 atom stereocenters. The zero-order valence-corrected chi connectivity index (χ0v) is 20.0. The number of aryl methyl sites for hydroxylation is 1. The minimum absolute atomic E-state index is 0.0224. The molecule has 4 rings (SSSR count). The third kappa shape index (κ3) is 5.64. The molecule has 180 valence electrons. The average Bonchev–Trinajstić information content (AvgIpc) is 3.44. The number of hydrogen-bond donors (Lipinski definition) is 3. The number of aromatic nitrogens is 3. The fourth-order valence-corrected chi connectivity index (χ4v) is 3.94. The van der Waals surface area contributed by atoms with E-state index in [4.69, 9.17) is 15.0 Å². The molecule has 10 nitrogen and oxygen atoms in total. The van der Waals surface area contributed by atoms with Crippen LogP contribution >= 0.6 is 11.8 Å². The van der Waals surface area contributed by atoms with Crippen molar-refractivity contribution in [1.82, 2.24) is 14.9 Å². The van der Waals surface area contributed by atoms with Gasteiger partial charge in [-0.1, -0.05) is 23.9 Å².